The molecule has 0 aliphatic heterocycles. The maximum Gasteiger partial charge on any atom is 0.223 e. The van der Waals surface area contributed by atoms with Crippen molar-refractivity contribution in [3.8, 4) is 0 Å². The van der Waals surface area contributed by atoms with E-state index in [0.29, 0.717) is 12.3 Å². The molecule has 0 atom stereocenters. The molecule has 0 fully saturated rings. The van der Waals surface area contributed by atoms with Crippen LogP contribution in [0, 0.1) is 11.7 Å². The summed E-state index contributed by atoms with van der Waals surface area (Å²) in [6.07, 6.45) is 2.69. The van der Waals surface area contributed by atoms with Gasteiger partial charge in [-0.3, -0.25) is 0 Å². The van der Waals surface area contributed by atoms with Gasteiger partial charge in [-0.1, -0.05) is 25.9 Å². The van der Waals surface area contributed by atoms with E-state index in [9.17, 15) is 0 Å². The molecule has 1 N–H and O–H groups in total. The quantitative estimate of drug-likeness (QED) is 0.868. The number of rotatable bonds is 3. The highest BCUT2D eigenvalue weighted by atomic mass is 32.1. The van der Waals surface area contributed by atoms with E-state index in [1.165, 1.54) is 5.69 Å². The molecule has 0 amide bonds. The normalized spacial score (nSPS) is 12.0. The molecule has 0 aromatic carbocycles. The summed E-state index contributed by atoms with van der Waals surface area (Å²) < 4.78 is 7.79. The lowest BCUT2D eigenvalue weighted by atomic mass is 9.92. The molecule has 5 nitrogen and oxygen atoms in total. The van der Waals surface area contributed by atoms with Crippen LogP contribution in [-0.4, -0.2) is 19.7 Å². The Labute approximate surface area is 111 Å². The number of aryl methyl sites for hydroxylation is 2. The molecule has 18 heavy (non-hydrogen) atoms. The van der Waals surface area contributed by atoms with Crippen LogP contribution in [0.25, 0.3) is 0 Å². The molecule has 98 valence electrons. The summed E-state index contributed by atoms with van der Waals surface area (Å²) in [6.45, 7) is 9.05. The van der Waals surface area contributed by atoms with E-state index < -0.39 is 0 Å². The van der Waals surface area contributed by atoms with Gasteiger partial charge in [0.2, 0.25) is 5.89 Å². The second-order valence-electron chi connectivity index (χ2n) is 5.36. The minimum atomic E-state index is 0.0563. The summed E-state index contributed by atoms with van der Waals surface area (Å²) >= 11 is 5.31. The van der Waals surface area contributed by atoms with Gasteiger partial charge in [-0.2, -0.15) is 4.98 Å². The van der Waals surface area contributed by atoms with Gasteiger partial charge in [-0.25, -0.2) is 0 Å². The largest absolute Gasteiger partial charge is 0.340 e. The second kappa shape index (κ2) is 4.68. The molecule has 0 saturated heterocycles. The van der Waals surface area contributed by atoms with Crippen LogP contribution in [0.3, 0.4) is 0 Å². The molecule has 0 aliphatic carbocycles. The minimum Gasteiger partial charge on any atom is -0.340 e. The summed E-state index contributed by atoms with van der Waals surface area (Å²) in [5, 5.41) is 3.89. The number of aromatic amines is 1. The van der Waals surface area contributed by atoms with Crippen molar-refractivity contribution in [3.63, 3.8) is 0 Å². The van der Waals surface area contributed by atoms with Crippen LogP contribution in [0.4, 0.5) is 0 Å². The van der Waals surface area contributed by atoms with E-state index >= 15 is 0 Å². The second-order valence-corrected chi connectivity index (χ2v) is 5.75. The summed E-state index contributed by atoms with van der Waals surface area (Å²) in [6, 6.07) is 0. The fourth-order valence-electron chi connectivity index (χ4n) is 1.89. The van der Waals surface area contributed by atoms with Gasteiger partial charge < -0.3 is 14.1 Å². The predicted molar refractivity (Wildman–Crippen MR) is 71.1 cm³/mol. The molecule has 2 rings (SSSR count). The van der Waals surface area contributed by atoms with E-state index in [1.807, 2.05) is 6.20 Å². The first-order chi connectivity index (χ1) is 8.38. The van der Waals surface area contributed by atoms with Crippen LogP contribution in [0.5, 0.6) is 0 Å². The number of hydrogen-bond donors (Lipinski definition) is 1. The summed E-state index contributed by atoms with van der Waals surface area (Å²) in [5.41, 5.74) is 1.24. The monoisotopic (exact) mass is 266 g/mol. The average Bonchev–Trinajstić information content (AvgIpc) is 2.81. The number of imidazole rings is 1. The fraction of sp³-hybridized carbons (Fsp3) is 0.583. The lowest BCUT2D eigenvalue weighted by molar-refractivity contribution is 0.385. The molecule has 0 saturated carbocycles. The number of aromatic nitrogens is 4. The smallest absolute Gasteiger partial charge is 0.223 e. The maximum atomic E-state index is 5.31. The first-order valence-electron chi connectivity index (χ1n) is 5.96. The minimum absolute atomic E-state index is 0.0563. The van der Waals surface area contributed by atoms with Crippen LogP contribution >= 0.6 is 12.2 Å². The molecule has 0 radical (unpaired) electrons. The number of nitrogens with one attached hydrogen (secondary N) is 1. The lowest BCUT2D eigenvalue weighted by Gasteiger charge is -2.20. The molecular formula is C12H18N4OS. The van der Waals surface area contributed by atoms with Crippen molar-refractivity contribution in [1.82, 2.24) is 19.7 Å². The highest BCUT2D eigenvalue weighted by Gasteiger charge is 2.19. The Bertz CT molecular complexity index is 588. The Balaban J connectivity index is 2.19. The molecule has 0 aliphatic rings. The van der Waals surface area contributed by atoms with Crippen molar-refractivity contribution in [2.75, 3.05) is 0 Å². The van der Waals surface area contributed by atoms with Gasteiger partial charge in [0, 0.05) is 37.2 Å². The Morgan fingerprint density at radius 1 is 1.44 bits per heavy atom. The third-order valence-electron chi connectivity index (χ3n) is 2.77. The standard InChI is InChI=1S/C12H18N4OS/c1-8-14-10(15-17-8)5-6-16-9(12(2,3)4)7-13-11(16)18/h7H,5-6H2,1-4H3,(H,13,18). The van der Waals surface area contributed by atoms with Gasteiger partial charge in [0.15, 0.2) is 10.6 Å². The zero-order chi connectivity index (χ0) is 13.3. The van der Waals surface area contributed by atoms with Gasteiger partial charge in [0.1, 0.15) is 0 Å². The molecule has 2 aromatic rings. The fourth-order valence-corrected chi connectivity index (χ4v) is 2.14. The molecule has 0 spiro atoms. The van der Waals surface area contributed by atoms with Crippen molar-refractivity contribution >= 4 is 12.2 Å². The molecule has 6 heteroatoms. The van der Waals surface area contributed by atoms with E-state index in [0.717, 1.165) is 17.1 Å². The van der Waals surface area contributed by atoms with Crippen molar-refractivity contribution in [2.24, 2.45) is 0 Å². The van der Waals surface area contributed by atoms with Crippen molar-refractivity contribution in [3.05, 3.63) is 28.4 Å². The topological polar surface area (TPSA) is 59.6 Å². The van der Waals surface area contributed by atoms with Gasteiger partial charge in [-0.05, 0) is 12.2 Å². The number of nitrogens with zero attached hydrogens (tertiary/aromatic N) is 3. The van der Waals surface area contributed by atoms with Gasteiger partial charge >= 0.3 is 0 Å². The van der Waals surface area contributed by atoms with Crippen LogP contribution in [0.15, 0.2) is 10.7 Å². The Kier molecular flexibility index (Phi) is 3.38. The molecule has 0 bridgehead atoms. The molecular weight excluding hydrogens is 248 g/mol. The lowest BCUT2D eigenvalue weighted by Crippen LogP contribution is -2.18. The highest BCUT2D eigenvalue weighted by molar-refractivity contribution is 7.71. The Morgan fingerprint density at radius 2 is 2.17 bits per heavy atom. The summed E-state index contributed by atoms with van der Waals surface area (Å²) in [4.78, 5) is 7.30. The van der Waals surface area contributed by atoms with Gasteiger partial charge in [0.05, 0.1) is 0 Å². The molecule has 2 heterocycles. The Morgan fingerprint density at radius 3 is 2.72 bits per heavy atom. The number of hydrogen-bond acceptors (Lipinski definition) is 4. The van der Waals surface area contributed by atoms with E-state index in [4.69, 9.17) is 16.7 Å². The van der Waals surface area contributed by atoms with Crippen LogP contribution in [0.2, 0.25) is 0 Å². The van der Waals surface area contributed by atoms with Crippen molar-refractivity contribution < 1.29 is 4.52 Å². The maximum absolute atomic E-state index is 5.31. The van der Waals surface area contributed by atoms with Gasteiger partial charge in [0.25, 0.3) is 0 Å². The van der Waals surface area contributed by atoms with Crippen LogP contribution in [-0.2, 0) is 18.4 Å². The summed E-state index contributed by atoms with van der Waals surface area (Å²) in [5.74, 6) is 1.31. The third kappa shape index (κ3) is 2.69. The third-order valence-corrected chi connectivity index (χ3v) is 3.10. The van der Waals surface area contributed by atoms with Crippen LogP contribution < -0.4 is 0 Å². The zero-order valence-corrected chi connectivity index (χ0v) is 12.0. The van der Waals surface area contributed by atoms with Crippen molar-refractivity contribution in [2.45, 2.75) is 46.1 Å². The first-order valence-corrected chi connectivity index (χ1v) is 6.36. The van der Waals surface area contributed by atoms with E-state index in [-0.39, 0.29) is 5.41 Å². The molecule has 0 unspecified atom stereocenters. The van der Waals surface area contributed by atoms with E-state index in [2.05, 4.69) is 40.5 Å². The highest BCUT2D eigenvalue weighted by Crippen LogP contribution is 2.22. The van der Waals surface area contributed by atoms with E-state index in [1.54, 1.807) is 6.92 Å². The first kappa shape index (κ1) is 13.0. The van der Waals surface area contributed by atoms with Crippen molar-refractivity contribution in [1.29, 1.82) is 0 Å². The summed E-state index contributed by atoms with van der Waals surface area (Å²) in [7, 11) is 0. The number of H-pyrrole nitrogens is 1. The van der Waals surface area contributed by atoms with Crippen LogP contribution in [0.1, 0.15) is 38.2 Å². The molecule has 2 aromatic heterocycles. The van der Waals surface area contributed by atoms with Gasteiger partial charge in [-0.15, -0.1) is 0 Å². The zero-order valence-electron chi connectivity index (χ0n) is 11.1. The SMILES string of the molecule is Cc1nc(CCn2c(C(C)(C)C)c[nH]c2=S)no1. The average molecular weight is 266 g/mol. The predicted octanol–water partition coefficient (Wildman–Crippen LogP) is 2.78. The Hall–Kier alpha value is -1.43.